The standard InChI is InChI=1S/C17H32O2/c1-3-7-14(8-4-2)16(18)15-9-12-19-17(13-15)10-5-6-11-17/h14-16,18H,3-13H2,1-2H3. The summed E-state index contributed by atoms with van der Waals surface area (Å²) in [4.78, 5) is 0. The average molecular weight is 268 g/mol. The topological polar surface area (TPSA) is 29.5 Å². The number of hydrogen-bond donors (Lipinski definition) is 1. The lowest BCUT2D eigenvalue weighted by molar-refractivity contribution is -0.120. The Morgan fingerprint density at radius 3 is 2.37 bits per heavy atom. The normalized spacial score (nSPS) is 28.1. The fourth-order valence-corrected chi connectivity index (χ4v) is 4.34. The Balaban J connectivity index is 1.94. The van der Waals surface area contributed by atoms with Gasteiger partial charge in [0.15, 0.2) is 0 Å². The Morgan fingerprint density at radius 1 is 1.16 bits per heavy atom. The van der Waals surface area contributed by atoms with Crippen LogP contribution >= 0.6 is 0 Å². The van der Waals surface area contributed by atoms with E-state index in [1.807, 2.05) is 0 Å². The van der Waals surface area contributed by atoms with E-state index in [4.69, 9.17) is 4.74 Å². The highest BCUT2D eigenvalue weighted by Gasteiger charge is 2.42. The van der Waals surface area contributed by atoms with Crippen molar-refractivity contribution in [3.8, 4) is 0 Å². The van der Waals surface area contributed by atoms with Crippen molar-refractivity contribution in [1.82, 2.24) is 0 Å². The first-order chi connectivity index (χ1) is 9.21. The summed E-state index contributed by atoms with van der Waals surface area (Å²) >= 11 is 0. The van der Waals surface area contributed by atoms with Crippen molar-refractivity contribution in [3.63, 3.8) is 0 Å². The molecule has 2 rings (SSSR count). The van der Waals surface area contributed by atoms with Crippen LogP contribution in [0.2, 0.25) is 0 Å². The first-order valence-electron chi connectivity index (χ1n) is 8.53. The summed E-state index contributed by atoms with van der Waals surface area (Å²) in [5, 5.41) is 10.8. The van der Waals surface area contributed by atoms with Gasteiger partial charge >= 0.3 is 0 Å². The third kappa shape index (κ3) is 3.72. The largest absolute Gasteiger partial charge is 0.393 e. The molecule has 19 heavy (non-hydrogen) atoms. The van der Waals surface area contributed by atoms with Crippen LogP contribution in [0.15, 0.2) is 0 Å². The molecule has 0 radical (unpaired) electrons. The van der Waals surface area contributed by atoms with Gasteiger partial charge in [-0.3, -0.25) is 0 Å². The number of rotatable bonds is 6. The predicted molar refractivity (Wildman–Crippen MR) is 79.2 cm³/mol. The lowest BCUT2D eigenvalue weighted by Gasteiger charge is -2.41. The molecule has 0 aromatic heterocycles. The molecule has 0 aromatic rings. The van der Waals surface area contributed by atoms with Gasteiger partial charge in [0, 0.05) is 6.61 Å². The van der Waals surface area contributed by atoms with E-state index in [1.54, 1.807) is 0 Å². The van der Waals surface area contributed by atoms with Crippen LogP contribution in [0.25, 0.3) is 0 Å². The van der Waals surface area contributed by atoms with E-state index in [0.29, 0.717) is 11.8 Å². The second kappa shape index (κ2) is 7.08. The summed E-state index contributed by atoms with van der Waals surface area (Å²) in [5.41, 5.74) is 0.146. The molecule has 2 aliphatic rings. The maximum atomic E-state index is 10.8. The monoisotopic (exact) mass is 268 g/mol. The summed E-state index contributed by atoms with van der Waals surface area (Å²) in [6, 6.07) is 0. The lowest BCUT2D eigenvalue weighted by atomic mass is 9.76. The van der Waals surface area contributed by atoms with Gasteiger partial charge < -0.3 is 9.84 Å². The van der Waals surface area contributed by atoms with E-state index in [9.17, 15) is 5.11 Å². The van der Waals surface area contributed by atoms with Crippen molar-refractivity contribution in [1.29, 1.82) is 0 Å². The molecule has 112 valence electrons. The molecule has 2 atom stereocenters. The summed E-state index contributed by atoms with van der Waals surface area (Å²) < 4.78 is 6.10. The van der Waals surface area contributed by atoms with Crippen molar-refractivity contribution in [2.24, 2.45) is 11.8 Å². The highest BCUT2D eigenvalue weighted by atomic mass is 16.5. The Hall–Kier alpha value is -0.0800. The molecule has 1 saturated carbocycles. The molecule has 1 aliphatic carbocycles. The van der Waals surface area contributed by atoms with Gasteiger partial charge in [-0.2, -0.15) is 0 Å². The number of ether oxygens (including phenoxy) is 1. The van der Waals surface area contributed by atoms with Crippen LogP contribution in [-0.2, 0) is 4.74 Å². The molecule has 1 N–H and O–H groups in total. The molecule has 1 saturated heterocycles. The van der Waals surface area contributed by atoms with Gasteiger partial charge in [0.1, 0.15) is 0 Å². The minimum absolute atomic E-state index is 0.0960. The fraction of sp³-hybridized carbons (Fsp3) is 1.00. The maximum absolute atomic E-state index is 10.8. The van der Waals surface area contributed by atoms with Gasteiger partial charge in [-0.05, 0) is 50.4 Å². The van der Waals surface area contributed by atoms with Gasteiger partial charge in [-0.25, -0.2) is 0 Å². The molecule has 0 bridgehead atoms. The average Bonchev–Trinajstić information content (AvgIpc) is 2.86. The summed E-state index contributed by atoms with van der Waals surface area (Å²) in [6.45, 7) is 5.34. The highest BCUT2D eigenvalue weighted by Crippen LogP contribution is 2.44. The van der Waals surface area contributed by atoms with Gasteiger partial charge in [-0.15, -0.1) is 0 Å². The molecule has 1 heterocycles. The Morgan fingerprint density at radius 2 is 1.79 bits per heavy atom. The molecular formula is C17H32O2. The first-order valence-corrected chi connectivity index (χ1v) is 8.53. The van der Waals surface area contributed by atoms with Crippen molar-refractivity contribution in [3.05, 3.63) is 0 Å². The van der Waals surface area contributed by atoms with Crippen LogP contribution in [0.3, 0.4) is 0 Å². The minimum atomic E-state index is -0.0960. The summed E-state index contributed by atoms with van der Waals surface area (Å²) in [6.07, 6.45) is 11.9. The molecular weight excluding hydrogens is 236 g/mol. The minimum Gasteiger partial charge on any atom is -0.393 e. The second-order valence-corrected chi connectivity index (χ2v) is 6.82. The van der Waals surface area contributed by atoms with Crippen LogP contribution in [0.1, 0.15) is 78.1 Å². The molecule has 2 nitrogen and oxygen atoms in total. The zero-order valence-corrected chi connectivity index (χ0v) is 12.9. The third-order valence-corrected chi connectivity index (χ3v) is 5.33. The number of aliphatic hydroxyl groups is 1. The van der Waals surface area contributed by atoms with E-state index in [0.717, 1.165) is 19.4 Å². The van der Waals surface area contributed by atoms with Gasteiger partial charge in [0.25, 0.3) is 0 Å². The smallest absolute Gasteiger partial charge is 0.0686 e. The van der Waals surface area contributed by atoms with Crippen molar-refractivity contribution < 1.29 is 9.84 Å². The molecule has 2 unspecified atom stereocenters. The zero-order valence-electron chi connectivity index (χ0n) is 12.9. The molecule has 1 aliphatic heterocycles. The lowest BCUT2D eigenvalue weighted by Crippen LogP contribution is -2.43. The predicted octanol–water partition coefficient (Wildman–Crippen LogP) is 4.30. The van der Waals surface area contributed by atoms with E-state index < -0.39 is 0 Å². The van der Waals surface area contributed by atoms with E-state index in [-0.39, 0.29) is 11.7 Å². The van der Waals surface area contributed by atoms with Crippen molar-refractivity contribution >= 4 is 0 Å². The van der Waals surface area contributed by atoms with Crippen LogP contribution in [0.5, 0.6) is 0 Å². The molecule has 0 amide bonds. The molecule has 1 spiro atoms. The third-order valence-electron chi connectivity index (χ3n) is 5.33. The fourth-order valence-electron chi connectivity index (χ4n) is 4.34. The molecule has 2 fully saturated rings. The van der Waals surface area contributed by atoms with Crippen molar-refractivity contribution in [2.75, 3.05) is 6.61 Å². The van der Waals surface area contributed by atoms with E-state index in [2.05, 4.69) is 13.8 Å². The van der Waals surface area contributed by atoms with Crippen LogP contribution in [-0.4, -0.2) is 23.4 Å². The van der Waals surface area contributed by atoms with Gasteiger partial charge in [0.2, 0.25) is 0 Å². The van der Waals surface area contributed by atoms with Crippen LogP contribution < -0.4 is 0 Å². The highest BCUT2D eigenvalue weighted by molar-refractivity contribution is 4.93. The van der Waals surface area contributed by atoms with Gasteiger partial charge in [-0.1, -0.05) is 39.5 Å². The van der Waals surface area contributed by atoms with Crippen molar-refractivity contribution in [2.45, 2.75) is 89.8 Å². The van der Waals surface area contributed by atoms with Crippen LogP contribution in [0, 0.1) is 11.8 Å². The first kappa shape index (κ1) is 15.3. The van der Waals surface area contributed by atoms with E-state index in [1.165, 1.54) is 51.4 Å². The quantitative estimate of drug-likeness (QED) is 0.778. The Labute approximate surface area is 118 Å². The molecule has 0 aromatic carbocycles. The summed E-state index contributed by atoms with van der Waals surface area (Å²) in [7, 11) is 0. The zero-order chi connectivity index (χ0) is 13.7. The maximum Gasteiger partial charge on any atom is 0.0686 e. The second-order valence-electron chi connectivity index (χ2n) is 6.82. The van der Waals surface area contributed by atoms with E-state index >= 15 is 0 Å². The SMILES string of the molecule is CCCC(CCC)C(O)C1CCOC2(CCCC2)C1. The number of aliphatic hydroxyl groups excluding tert-OH is 1. The Bertz CT molecular complexity index is 252. The van der Waals surface area contributed by atoms with Crippen LogP contribution in [0.4, 0.5) is 0 Å². The number of hydrogen-bond acceptors (Lipinski definition) is 2. The summed E-state index contributed by atoms with van der Waals surface area (Å²) in [5.74, 6) is 0.992. The van der Waals surface area contributed by atoms with Gasteiger partial charge in [0.05, 0.1) is 11.7 Å². The molecule has 2 heteroatoms. The Kier molecular flexibility index (Phi) is 5.70.